The minimum Gasteiger partial charge on any atom is -0.257 e. The zero-order chi connectivity index (χ0) is 19.5. The first-order valence-corrected chi connectivity index (χ1v) is 9.65. The molecule has 0 unspecified atom stereocenters. The molecule has 0 aromatic heterocycles. The summed E-state index contributed by atoms with van der Waals surface area (Å²) in [5, 5.41) is 8.12. The molecule has 140 valence electrons. The highest BCUT2D eigenvalue weighted by Gasteiger charge is 2.28. The first-order valence-electron chi connectivity index (χ1n) is 8.90. The Hall–Kier alpha value is -2.62. The highest BCUT2D eigenvalue weighted by molar-refractivity contribution is 6.30. The van der Waals surface area contributed by atoms with Crippen molar-refractivity contribution < 1.29 is 4.39 Å². The van der Waals surface area contributed by atoms with Crippen LogP contribution in [0, 0.1) is 5.82 Å². The van der Waals surface area contributed by atoms with Gasteiger partial charge in [0.05, 0.1) is 17.4 Å². The minimum absolute atomic E-state index is 0.0209. The number of halogens is 3. The van der Waals surface area contributed by atoms with Crippen LogP contribution < -0.4 is 5.01 Å². The molecule has 3 aromatic carbocycles. The highest BCUT2D eigenvalue weighted by atomic mass is 35.5. The van der Waals surface area contributed by atoms with Crippen LogP contribution in [0.4, 0.5) is 10.1 Å². The van der Waals surface area contributed by atoms with E-state index in [4.69, 9.17) is 28.3 Å². The molecule has 1 atom stereocenters. The molecule has 0 fully saturated rings. The molecule has 0 saturated carbocycles. The Kier molecular flexibility index (Phi) is 5.47. The SMILES string of the molecule is Fc1ccc(N2N=C(/C=C/c3ccc(Cl)cc3)C[C@H]2c2ccc(Cl)cc2)cc1. The van der Waals surface area contributed by atoms with E-state index >= 15 is 0 Å². The van der Waals surface area contributed by atoms with Gasteiger partial charge < -0.3 is 0 Å². The third-order valence-corrected chi connectivity index (χ3v) is 5.12. The Balaban J connectivity index is 1.64. The average Bonchev–Trinajstić information content (AvgIpc) is 3.13. The van der Waals surface area contributed by atoms with Gasteiger partial charge in [0.25, 0.3) is 0 Å². The molecule has 0 spiro atoms. The number of rotatable bonds is 4. The third kappa shape index (κ3) is 4.27. The molecule has 3 aromatic rings. The van der Waals surface area contributed by atoms with Crippen LogP contribution in [0.2, 0.25) is 10.0 Å². The van der Waals surface area contributed by atoms with E-state index in [2.05, 4.69) is 0 Å². The average molecular weight is 411 g/mol. The van der Waals surface area contributed by atoms with Gasteiger partial charge in [-0.1, -0.05) is 53.5 Å². The second-order valence-electron chi connectivity index (χ2n) is 6.57. The number of allylic oxidation sites excluding steroid dienone is 1. The molecule has 1 heterocycles. The number of anilines is 1. The van der Waals surface area contributed by atoms with Gasteiger partial charge in [-0.3, -0.25) is 5.01 Å². The van der Waals surface area contributed by atoms with Crippen molar-refractivity contribution in [3.05, 3.63) is 106 Å². The van der Waals surface area contributed by atoms with E-state index in [9.17, 15) is 4.39 Å². The van der Waals surface area contributed by atoms with Crippen molar-refractivity contribution in [3.63, 3.8) is 0 Å². The second-order valence-corrected chi connectivity index (χ2v) is 7.44. The van der Waals surface area contributed by atoms with E-state index in [1.807, 2.05) is 65.7 Å². The zero-order valence-corrected chi connectivity index (χ0v) is 16.4. The minimum atomic E-state index is -0.266. The molecule has 0 saturated heterocycles. The standard InChI is InChI=1S/C23H17Cl2FN2/c24-18-6-1-16(2-7-18)3-12-21-15-23(17-4-8-19(25)9-5-17)28(27-21)22-13-10-20(26)11-14-22/h1-14,23H,15H2/b12-3+/t23-/m0/s1. The van der Waals surface area contributed by atoms with Crippen molar-refractivity contribution in [1.29, 1.82) is 0 Å². The second kappa shape index (κ2) is 8.17. The molecule has 0 amide bonds. The Morgan fingerprint density at radius 2 is 1.43 bits per heavy atom. The fourth-order valence-corrected chi connectivity index (χ4v) is 3.43. The Morgan fingerprint density at radius 3 is 2.07 bits per heavy atom. The highest BCUT2D eigenvalue weighted by Crippen LogP contribution is 2.36. The largest absolute Gasteiger partial charge is 0.257 e. The Labute approximate surface area is 173 Å². The van der Waals surface area contributed by atoms with Crippen LogP contribution in [0.25, 0.3) is 6.08 Å². The maximum Gasteiger partial charge on any atom is 0.123 e. The van der Waals surface area contributed by atoms with Crippen molar-refractivity contribution in [2.24, 2.45) is 5.10 Å². The van der Waals surface area contributed by atoms with Gasteiger partial charge in [0.1, 0.15) is 5.82 Å². The maximum atomic E-state index is 13.4. The molecule has 1 aliphatic rings. The van der Waals surface area contributed by atoms with E-state index in [1.54, 1.807) is 12.1 Å². The molecule has 5 heteroatoms. The van der Waals surface area contributed by atoms with E-state index in [0.717, 1.165) is 28.9 Å². The topological polar surface area (TPSA) is 15.6 Å². The lowest BCUT2D eigenvalue weighted by atomic mass is 10.0. The number of hydrogen-bond acceptors (Lipinski definition) is 2. The summed E-state index contributed by atoms with van der Waals surface area (Å²) in [5.41, 5.74) is 3.94. The normalized spacial score (nSPS) is 16.6. The lowest BCUT2D eigenvalue weighted by Gasteiger charge is -2.24. The van der Waals surface area contributed by atoms with Gasteiger partial charge in [0.15, 0.2) is 0 Å². The van der Waals surface area contributed by atoms with Crippen LogP contribution in [-0.4, -0.2) is 5.71 Å². The zero-order valence-electron chi connectivity index (χ0n) is 14.9. The van der Waals surface area contributed by atoms with Gasteiger partial charge in [-0.15, -0.1) is 0 Å². The summed E-state index contributed by atoms with van der Waals surface area (Å²) in [7, 11) is 0. The molecule has 0 radical (unpaired) electrons. The van der Waals surface area contributed by atoms with Crippen molar-refractivity contribution in [3.8, 4) is 0 Å². The number of benzene rings is 3. The molecule has 0 N–H and O–H groups in total. The lowest BCUT2D eigenvalue weighted by molar-refractivity contribution is 0.626. The molecule has 4 rings (SSSR count). The van der Waals surface area contributed by atoms with Gasteiger partial charge >= 0.3 is 0 Å². The van der Waals surface area contributed by atoms with Gasteiger partial charge in [0, 0.05) is 16.5 Å². The Bertz CT molecular complexity index is 1010. The van der Waals surface area contributed by atoms with Crippen LogP contribution in [-0.2, 0) is 0 Å². The molecule has 2 nitrogen and oxygen atoms in total. The summed E-state index contributed by atoms with van der Waals surface area (Å²) in [5.74, 6) is -0.266. The summed E-state index contributed by atoms with van der Waals surface area (Å²) >= 11 is 12.0. The summed E-state index contributed by atoms with van der Waals surface area (Å²) in [6.45, 7) is 0. The van der Waals surface area contributed by atoms with Crippen molar-refractivity contribution in [1.82, 2.24) is 0 Å². The number of hydrazone groups is 1. The quantitative estimate of drug-likeness (QED) is 0.445. The predicted octanol–water partition coefficient (Wildman–Crippen LogP) is 7.15. The van der Waals surface area contributed by atoms with Gasteiger partial charge in [-0.05, 0) is 65.7 Å². The van der Waals surface area contributed by atoms with E-state index in [0.29, 0.717) is 10.0 Å². The molecule has 1 aliphatic heterocycles. The van der Waals surface area contributed by atoms with Gasteiger partial charge in [-0.2, -0.15) is 5.10 Å². The van der Waals surface area contributed by atoms with E-state index in [1.165, 1.54) is 12.1 Å². The van der Waals surface area contributed by atoms with Crippen LogP contribution in [0.5, 0.6) is 0 Å². The van der Waals surface area contributed by atoms with Crippen molar-refractivity contribution in [2.45, 2.75) is 12.5 Å². The fourth-order valence-electron chi connectivity index (χ4n) is 3.18. The molecule has 0 aliphatic carbocycles. The van der Waals surface area contributed by atoms with Crippen LogP contribution in [0.3, 0.4) is 0 Å². The molecular formula is C23H17Cl2FN2. The fraction of sp³-hybridized carbons (Fsp3) is 0.0870. The van der Waals surface area contributed by atoms with Gasteiger partial charge in [-0.25, -0.2) is 4.39 Å². The van der Waals surface area contributed by atoms with Crippen LogP contribution >= 0.6 is 23.2 Å². The predicted molar refractivity (Wildman–Crippen MR) is 116 cm³/mol. The first-order chi connectivity index (χ1) is 13.6. The van der Waals surface area contributed by atoms with E-state index < -0.39 is 0 Å². The third-order valence-electron chi connectivity index (χ3n) is 4.62. The number of nitrogens with zero attached hydrogens (tertiary/aromatic N) is 2. The summed E-state index contributed by atoms with van der Waals surface area (Å²) < 4.78 is 13.4. The number of hydrogen-bond donors (Lipinski definition) is 0. The van der Waals surface area contributed by atoms with Crippen LogP contribution in [0.15, 0.2) is 84.0 Å². The lowest BCUT2D eigenvalue weighted by Crippen LogP contribution is -2.18. The molecule has 28 heavy (non-hydrogen) atoms. The monoisotopic (exact) mass is 410 g/mol. The first kappa shape index (κ1) is 18.7. The summed E-state index contributed by atoms with van der Waals surface area (Å²) in [6, 6.07) is 21.8. The van der Waals surface area contributed by atoms with Crippen molar-refractivity contribution >= 4 is 40.7 Å². The maximum absolute atomic E-state index is 13.4. The van der Waals surface area contributed by atoms with E-state index in [-0.39, 0.29) is 11.9 Å². The van der Waals surface area contributed by atoms with Gasteiger partial charge in [0.2, 0.25) is 0 Å². The summed E-state index contributed by atoms with van der Waals surface area (Å²) in [6.07, 6.45) is 4.76. The smallest absolute Gasteiger partial charge is 0.123 e. The van der Waals surface area contributed by atoms with Crippen molar-refractivity contribution in [2.75, 3.05) is 5.01 Å². The Morgan fingerprint density at radius 1 is 0.821 bits per heavy atom. The molecule has 0 bridgehead atoms. The van der Waals surface area contributed by atoms with Crippen LogP contribution in [0.1, 0.15) is 23.6 Å². The summed E-state index contributed by atoms with van der Waals surface area (Å²) in [4.78, 5) is 0. The molecular weight excluding hydrogens is 394 g/mol.